The first-order valence-corrected chi connectivity index (χ1v) is 5.62. The van der Waals surface area contributed by atoms with Crippen LogP contribution in [0.5, 0.6) is 0 Å². The third-order valence-electron chi connectivity index (χ3n) is 1.28. The van der Waals surface area contributed by atoms with Gasteiger partial charge in [-0.15, -0.1) is 0 Å². The highest BCUT2D eigenvalue weighted by Gasteiger charge is 2.56. The van der Waals surface area contributed by atoms with Gasteiger partial charge in [0.2, 0.25) is 6.05 Å². The van der Waals surface area contributed by atoms with Crippen LogP contribution in [0.1, 0.15) is 0 Å². The van der Waals surface area contributed by atoms with Crippen LogP contribution in [0.3, 0.4) is 0 Å². The largest absolute Gasteiger partial charge is 0.367 e. The molecule has 0 saturated carbocycles. The predicted octanol–water partition coefficient (Wildman–Crippen LogP) is 2.60. The lowest BCUT2D eigenvalue weighted by atomic mass is 11.5. The van der Waals surface area contributed by atoms with Crippen molar-refractivity contribution in [3.63, 3.8) is 0 Å². The van der Waals surface area contributed by atoms with Crippen molar-refractivity contribution < 1.29 is 22.0 Å². The van der Waals surface area contributed by atoms with Crippen LogP contribution in [0.2, 0.25) is 13.1 Å². The smallest absolute Gasteiger partial charge is 0.215 e. The van der Waals surface area contributed by atoms with Crippen LogP contribution in [0, 0.1) is 0 Å². The number of hydrogen-bond acceptors (Lipinski definition) is 0. The molecule has 0 bridgehead atoms. The maximum Gasteiger partial charge on any atom is 0.367 e. The van der Waals surface area contributed by atoms with E-state index in [9.17, 15) is 22.0 Å². The Kier molecular flexibility index (Phi) is 2.45. The summed E-state index contributed by atoms with van der Waals surface area (Å²) in [6, 6.07) is -3.23. The molecule has 0 heterocycles. The minimum atomic E-state index is -4.69. The van der Waals surface area contributed by atoms with E-state index in [1.54, 1.807) is 0 Å². The van der Waals surface area contributed by atoms with E-state index >= 15 is 0 Å². The van der Waals surface area contributed by atoms with E-state index < -0.39 is 19.9 Å². The standard InChI is InChI=1S/C4H7F5Si/c1-10(2,3(5)6)4(7,8)9/h3H,1-2H3. The first-order valence-electron chi connectivity index (χ1n) is 2.54. The highest BCUT2D eigenvalue weighted by atomic mass is 28.3. The Bertz CT molecular complexity index is 115. The monoisotopic (exact) mass is 178 g/mol. The van der Waals surface area contributed by atoms with Crippen molar-refractivity contribution in [1.82, 2.24) is 0 Å². The third kappa shape index (κ3) is 1.68. The summed E-state index contributed by atoms with van der Waals surface area (Å²) in [4.78, 5) is 0. The number of alkyl halides is 5. The van der Waals surface area contributed by atoms with E-state index in [4.69, 9.17) is 0 Å². The van der Waals surface area contributed by atoms with Crippen LogP contribution >= 0.6 is 0 Å². The Hall–Kier alpha value is -0.133. The fraction of sp³-hybridized carbons (Fsp3) is 1.00. The zero-order valence-electron chi connectivity index (χ0n) is 5.47. The van der Waals surface area contributed by atoms with Crippen molar-refractivity contribution in [3.8, 4) is 0 Å². The molecule has 0 saturated heterocycles. The summed E-state index contributed by atoms with van der Waals surface area (Å²) >= 11 is 0. The van der Waals surface area contributed by atoms with Gasteiger partial charge in [-0.3, -0.25) is 0 Å². The molecule has 0 aromatic heterocycles. The van der Waals surface area contributed by atoms with Crippen molar-refractivity contribution in [2.75, 3.05) is 0 Å². The molecule has 0 spiro atoms. The molecule has 0 aliphatic carbocycles. The molecular weight excluding hydrogens is 171 g/mol. The van der Waals surface area contributed by atoms with Crippen LogP contribution in [0.25, 0.3) is 0 Å². The van der Waals surface area contributed by atoms with Crippen molar-refractivity contribution in [3.05, 3.63) is 0 Å². The Morgan fingerprint density at radius 3 is 1.40 bits per heavy atom. The van der Waals surface area contributed by atoms with Crippen LogP contribution < -0.4 is 0 Å². The molecular formula is C4H7F5Si. The molecule has 0 rings (SSSR count). The minimum Gasteiger partial charge on any atom is -0.215 e. The van der Waals surface area contributed by atoms with Crippen molar-refractivity contribution in [2.45, 2.75) is 24.9 Å². The predicted molar refractivity (Wildman–Crippen MR) is 29.5 cm³/mol. The summed E-state index contributed by atoms with van der Waals surface area (Å²) in [6.45, 7) is 1.22. The molecule has 0 atom stereocenters. The lowest BCUT2D eigenvalue weighted by Gasteiger charge is -2.23. The molecule has 0 aliphatic rings. The summed E-state index contributed by atoms with van der Waals surface area (Å²) in [7, 11) is -4.32. The van der Waals surface area contributed by atoms with Gasteiger partial charge in [-0.25, -0.2) is 8.78 Å². The molecule has 0 aliphatic heterocycles. The van der Waals surface area contributed by atoms with Crippen molar-refractivity contribution in [2.24, 2.45) is 0 Å². The minimum absolute atomic E-state index is 0.609. The van der Waals surface area contributed by atoms with Gasteiger partial charge in [-0.05, 0) is 0 Å². The number of halogens is 5. The quantitative estimate of drug-likeness (QED) is 0.427. The topological polar surface area (TPSA) is 0 Å². The normalized spacial score (nSPS) is 14.4. The van der Waals surface area contributed by atoms with Gasteiger partial charge in [0.25, 0.3) is 8.07 Å². The van der Waals surface area contributed by atoms with E-state index in [0.717, 1.165) is 0 Å². The summed E-state index contributed by atoms with van der Waals surface area (Å²) in [5.74, 6) is -4.69. The zero-order chi connectivity index (χ0) is 8.58. The lowest BCUT2D eigenvalue weighted by molar-refractivity contribution is -0.0636. The zero-order valence-corrected chi connectivity index (χ0v) is 6.47. The van der Waals surface area contributed by atoms with Gasteiger partial charge in [0.15, 0.2) is 0 Å². The molecule has 6 heteroatoms. The van der Waals surface area contributed by atoms with Crippen LogP contribution in [0.4, 0.5) is 22.0 Å². The van der Waals surface area contributed by atoms with Gasteiger partial charge in [0.05, 0.1) is 0 Å². The molecule has 0 aromatic carbocycles. The highest BCUT2D eigenvalue weighted by molar-refractivity contribution is 6.80. The molecule has 0 radical (unpaired) electrons. The van der Waals surface area contributed by atoms with Crippen molar-refractivity contribution in [1.29, 1.82) is 0 Å². The second-order valence-corrected chi connectivity index (χ2v) is 6.97. The number of rotatable bonds is 1. The molecule has 0 unspecified atom stereocenters. The molecule has 0 aromatic rings. The fourth-order valence-electron chi connectivity index (χ4n) is 0.124. The summed E-state index contributed by atoms with van der Waals surface area (Å²) < 4.78 is 58.3. The van der Waals surface area contributed by atoms with E-state index in [1.165, 1.54) is 0 Å². The second-order valence-electron chi connectivity index (χ2n) is 2.52. The van der Waals surface area contributed by atoms with Gasteiger partial charge in [-0.1, -0.05) is 13.1 Å². The lowest BCUT2D eigenvalue weighted by Crippen LogP contribution is -2.51. The average molecular weight is 178 g/mol. The Morgan fingerprint density at radius 1 is 1.10 bits per heavy atom. The molecule has 62 valence electrons. The molecule has 0 fully saturated rings. The van der Waals surface area contributed by atoms with Gasteiger partial charge >= 0.3 is 5.80 Å². The Morgan fingerprint density at radius 2 is 1.40 bits per heavy atom. The van der Waals surface area contributed by atoms with Gasteiger partial charge in [-0.2, -0.15) is 13.2 Å². The maximum absolute atomic E-state index is 11.7. The SMILES string of the molecule is C[Si](C)(C(F)F)C(F)(F)F. The Balaban J connectivity index is 4.40. The Labute approximate surface area is 56.0 Å². The van der Waals surface area contributed by atoms with E-state index in [0.29, 0.717) is 13.1 Å². The average Bonchev–Trinajstić information content (AvgIpc) is 1.62. The van der Waals surface area contributed by atoms with Crippen LogP contribution in [0.15, 0.2) is 0 Å². The first kappa shape index (κ1) is 9.87. The highest BCUT2D eigenvalue weighted by Crippen LogP contribution is 2.32. The van der Waals surface area contributed by atoms with Gasteiger partial charge < -0.3 is 0 Å². The molecule has 10 heavy (non-hydrogen) atoms. The molecule has 0 N–H and O–H groups in total. The fourth-order valence-corrected chi connectivity index (χ4v) is 0.371. The van der Waals surface area contributed by atoms with Gasteiger partial charge in [0.1, 0.15) is 0 Å². The van der Waals surface area contributed by atoms with E-state index in [2.05, 4.69) is 0 Å². The maximum atomic E-state index is 11.7. The summed E-state index contributed by atoms with van der Waals surface area (Å²) in [5, 5.41) is 0. The second kappa shape index (κ2) is 2.48. The van der Waals surface area contributed by atoms with E-state index in [-0.39, 0.29) is 0 Å². The molecule has 0 amide bonds. The third-order valence-corrected chi connectivity index (χ3v) is 3.83. The summed E-state index contributed by atoms with van der Waals surface area (Å²) in [6.07, 6.45) is 0. The van der Waals surface area contributed by atoms with Gasteiger partial charge in [0, 0.05) is 0 Å². The van der Waals surface area contributed by atoms with Crippen molar-refractivity contribution >= 4 is 8.07 Å². The first-order chi connectivity index (χ1) is 4.19. The number of hydrogen-bond donors (Lipinski definition) is 0. The molecule has 0 nitrogen and oxygen atoms in total. The summed E-state index contributed by atoms with van der Waals surface area (Å²) in [5.41, 5.74) is 0. The van der Waals surface area contributed by atoms with Crippen LogP contribution in [-0.2, 0) is 0 Å². The van der Waals surface area contributed by atoms with Crippen LogP contribution in [-0.4, -0.2) is 19.9 Å². The van der Waals surface area contributed by atoms with E-state index in [1.807, 2.05) is 0 Å².